The van der Waals surface area contributed by atoms with E-state index in [1.165, 1.54) is 37.7 Å². The largest absolute Gasteiger partial charge is 0.480 e. The quantitative estimate of drug-likeness (QED) is 0.789. The number of nitrogens with one attached hydrogen (secondary N) is 1. The van der Waals surface area contributed by atoms with E-state index >= 15 is 0 Å². The molecule has 0 spiro atoms. The first-order valence-electron chi connectivity index (χ1n) is 7.91. The minimum Gasteiger partial charge on any atom is -0.480 e. The Balaban J connectivity index is 1.90. The molecule has 3 N–H and O–H groups in total. The van der Waals surface area contributed by atoms with Gasteiger partial charge in [-0.1, -0.05) is 5.92 Å². The van der Waals surface area contributed by atoms with E-state index < -0.39 is 17.3 Å². The summed E-state index contributed by atoms with van der Waals surface area (Å²) >= 11 is 0. The van der Waals surface area contributed by atoms with Gasteiger partial charge in [-0.15, -0.1) is 6.42 Å². The van der Waals surface area contributed by atoms with Crippen LogP contribution in [0.15, 0.2) is 35.6 Å². The van der Waals surface area contributed by atoms with Crippen molar-refractivity contribution < 1.29 is 18.7 Å². The van der Waals surface area contributed by atoms with Gasteiger partial charge in [-0.05, 0) is 18.2 Å². The second kappa shape index (κ2) is 7.29. The Morgan fingerprint density at radius 3 is 2.89 bits per heavy atom. The third-order valence-corrected chi connectivity index (χ3v) is 3.99. The molecule has 1 aromatic carbocycles. The van der Waals surface area contributed by atoms with Crippen molar-refractivity contribution in [2.24, 2.45) is 10.7 Å². The van der Waals surface area contributed by atoms with Crippen molar-refractivity contribution in [1.82, 2.24) is 9.97 Å². The van der Waals surface area contributed by atoms with Crippen molar-refractivity contribution in [1.29, 1.82) is 0 Å². The Hall–Kier alpha value is -3.67. The maximum Gasteiger partial charge on any atom is 0.283 e. The lowest BCUT2D eigenvalue weighted by Crippen LogP contribution is -2.35. The molecule has 0 fully saturated rings. The number of halogens is 1. The molecule has 27 heavy (non-hydrogen) atoms. The molecule has 3 rings (SSSR count). The molecular formula is C18H16FN5O3. The summed E-state index contributed by atoms with van der Waals surface area (Å²) in [4.78, 5) is 24.3. The number of terminal acetylenes is 1. The molecule has 0 unspecified atom stereocenters. The highest BCUT2D eigenvalue weighted by atomic mass is 19.1. The van der Waals surface area contributed by atoms with Crippen LogP contribution in [0.5, 0.6) is 5.88 Å². The van der Waals surface area contributed by atoms with Gasteiger partial charge in [-0.3, -0.25) is 4.79 Å². The topological polar surface area (TPSA) is 112 Å². The van der Waals surface area contributed by atoms with Gasteiger partial charge < -0.3 is 20.5 Å². The highest BCUT2D eigenvalue weighted by molar-refractivity contribution is 6.02. The first-order valence-corrected chi connectivity index (χ1v) is 7.91. The average molecular weight is 369 g/mol. The molecule has 8 nitrogen and oxygen atoms in total. The fraction of sp³-hybridized carbons (Fsp3) is 0.222. The summed E-state index contributed by atoms with van der Waals surface area (Å²) in [6.45, 7) is 0.205. The maximum atomic E-state index is 14.5. The molecule has 9 heteroatoms. The van der Waals surface area contributed by atoms with Crippen LogP contribution in [0.1, 0.15) is 22.5 Å². The highest BCUT2D eigenvalue weighted by Gasteiger charge is 2.36. The number of rotatable bonds is 4. The number of carbonyl (C=O) groups is 1. The van der Waals surface area contributed by atoms with Crippen molar-refractivity contribution in [2.75, 3.05) is 19.0 Å². The van der Waals surface area contributed by atoms with E-state index in [2.05, 4.69) is 26.2 Å². The summed E-state index contributed by atoms with van der Waals surface area (Å²) < 4.78 is 24.4. The molecule has 1 atom stereocenters. The van der Waals surface area contributed by atoms with Gasteiger partial charge in [0.1, 0.15) is 11.5 Å². The molecule has 0 aliphatic carbocycles. The summed E-state index contributed by atoms with van der Waals surface area (Å²) in [5, 5.41) is 2.63. The Morgan fingerprint density at radius 1 is 1.44 bits per heavy atom. The Morgan fingerprint density at radius 2 is 2.26 bits per heavy atom. The number of hydrogen-bond donors (Lipinski definition) is 2. The van der Waals surface area contributed by atoms with E-state index in [1.54, 1.807) is 0 Å². The highest BCUT2D eigenvalue weighted by Crippen LogP contribution is 2.35. The second-order valence-electron chi connectivity index (χ2n) is 5.65. The molecule has 0 saturated carbocycles. The van der Waals surface area contributed by atoms with E-state index in [-0.39, 0.29) is 36.2 Å². The minimum atomic E-state index is -1.30. The average Bonchev–Trinajstić information content (AvgIpc) is 2.69. The number of amides is 1. The van der Waals surface area contributed by atoms with Crippen LogP contribution in [-0.2, 0) is 10.3 Å². The predicted molar refractivity (Wildman–Crippen MR) is 95.6 cm³/mol. The Kier molecular flexibility index (Phi) is 4.90. The number of hydrogen-bond acceptors (Lipinski definition) is 7. The Labute approximate surface area is 154 Å². The lowest BCUT2D eigenvalue weighted by atomic mass is 9.87. The van der Waals surface area contributed by atoms with Crippen LogP contribution >= 0.6 is 0 Å². The van der Waals surface area contributed by atoms with Gasteiger partial charge in [0.15, 0.2) is 5.54 Å². The van der Waals surface area contributed by atoms with Crippen LogP contribution < -0.4 is 15.8 Å². The number of aliphatic imine (C=N–C) groups is 1. The first kappa shape index (κ1) is 18.1. The number of nitrogens with zero attached hydrogens (tertiary/aromatic N) is 3. The number of carbonyl (C=O) groups excluding carboxylic acids is 1. The van der Waals surface area contributed by atoms with Gasteiger partial charge in [0.25, 0.3) is 11.9 Å². The number of amidine groups is 1. The molecule has 0 bridgehead atoms. The monoisotopic (exact) mass is 369 g/mol. The van der Waals surface area contributed by atoms with Crippen LogP contribution in [-0.4, -0.2) is 35.6 Å². The molecular weight excluding hydrogens is 353 g/mol. The van der Waals surface area contributed by atoms with Crippen LogP contribution in [0.25, 0.3) is 0 Å². The Bertz CT molecular complexity index is 939. The fourth-order valence-electron chi connectivity index (χ4n) is 2.61. The third-order valence-electron chi connectivity index (χ3n) is 3.99. The van der Waals surface area contributed by atoms with Crippen LogP contribution in [0.3, 0.4) is 0 Å². The predicted octanol–water partition coefficient (Wildman–Crippen LogP) is 1.44. The summed E-state index contributed by atoms with van der Waals surface area (Å²) in [6, 6.07) is 3.92. The zero-order valence-electron chi connectivity index (χ0n) is 14.4. The number of ether oxygens (including phenoxy) is 2. The van der Waals surface area contributed by atoms with Crippen molar-refractivity contribution in [3.05, 3.63) is 47.7 Å². The van der Waals surface area contributed by atoms with Gasteiger partial charge in [0, 0.05) is 17.7 Å². The molecule has 138 valence electrons. The lowest BCUT2D eigenvalue weighted by molar-refractivity contribution is 0.102. The SMILES string of the molecule is C#C[C@@]1(c2cc(NC(=O)c3cnc(OC)cn3)ccc2F)CCOC(N)=N1. The second-order valence-corrected chi connectivity index (χ2v) is 5.65. The van der Waals surface area contributed by atoms with E-state index in [0.717, 1.165) is 0 Å². The zero-order valence-corrected chi connectivity index (χ0v) is 14.4. The van der Waals surface area contributed by atoms with Gasteiger partial charge in [0.2, 0.25) is 5.88 Å². The summed E-state index contributed by atoms with van der Waals surface area (Å²) in [5.41, 5.74) is 4.82. The van der Waals surface area contributed by atoms with Crippen LogP contribution in [0.2, 0.25) is 0 Å². The van der Waals surface area contributed by atoms with Gasteiger partial charge in [0.05, 0.1) is 26.1 Å². The van der Waals surface area contributed by atoms with Crippen molar-refractivity contribution in [3.8, 4) is 18.2 Å². The molecule has 2 aromatic rings. The van der Waals surface area contributed by atoms with Crippen LogP contribution in [0.4, 0.5) is 10.1 Å². The van der Waals surface area contributed by atoms with Crippen molar-refractivity contribution in [3.63, 3.8) is 0 Å². The number of benzene rings is 1. The summed E-state index contributed by atoms with van der Waals surface area (Å²) in [5.74, 6) is 1.69. The van der Waals surface area contributed by atoms with E-state index in [4.69, 9.17) is 21.6 Å². The van der Waals surface area contributed by atoms with Gasteiger partial charge >= 0.3 is 0 Å². The molecule has 1 amide bonds. The molecule has 0 saturated heterocycles. The maximum absolute atomic E-state index is 14.5. The smallest absolute Gasteiger partial charge is 0.283 e. The van der Waals surface area contributed by atoms with Gasteiger partial charge in [-0.25, -0.2) is 19.4 Å². The molecule has 1 aromatic heterocycles. The number of aromatic nitrogens is 2. The molecule has 0 radical (unpaired) electrons. The number of nitrogens with two attached hydrogens (primary N) is 1. The van der Waals surface area contributed by atoms with Crippen molar-refractivity contribution in [2.45, 2.75) is 12.0 Å². The van der Waals surface area contributed by atoms with Crippen molar-refractivity contribution >= 4 is 17.6 Å². The summed E-state index contributed by atoms with van der Waals surface area (Å²) in [7, 11) is 1.44. The third kappa shape index (κ3) is 3.64. The zero-order chi connectivity index (χ0) is 19.4. The first-order chi connectivity index (χ1) is 13.0. The minimum absolute atomic E-state index is 0.0710. The van der Waals surface area contributed by atoms with E-state index in [1.807, 2.05) is 0 Å². The normalized spacial score (nSPS) is 18.6. The fourth-order valence-corrected chi connectivity index (χ4v) is 2.61. The standard InChI is InChI=1S/C18H16FN5O3/c1-3-18(6-7-27-17(20)24-18)12-8-11(4-5-13(12)19)23-16(25)14-9-22-15(26-2)10-21-14/h1,4-5,8-10H,6-7H2,2H3,(H2,20,24)(H,23,25)/t18-/m0/s1. The number of methoxy groups -OCH3 is 1. The van der Waals surface area contributed by atoms with E-state index in [0.29, 0.717) is 5.69 Å². The van der Waals surface area contributed by atoms with E-state index in [9.17, 15) is 9.18 Å². The lowest BCUT2D eigenvalue weighted by Gasteiger charge is -2.29. The molecule has 1 aliphatic heterocycles. The van der Waals surface area contributed by atoms with Crippen LogP contribution in [0, 0.1) is 18.2 Å². The molecule has 2 heterocycles. The summed E-state index contributed by atoms with van der Waals surface area (Å²) in [6.07, 6.45) is 8.46. The van der Waals surface area contributed by atoms with Gasteiger partial charge in [-0.2, -0.15) is 0 Å². The molecule has 1 aliphatic rings. The number of anilines is 1.